The summed E-state index contributed by atoms with van der Waals surface area (Å²) < 4.78 is 5.01. The summed E-state index contributed by atoms with van der Waals surface area (Å²) >= 11 is 0. The molecule has 4 bridgehead atoms. The molecule has 4 aliphatic carbocycles. The van der Waals surface area contributed by atoms with Crippen molar-refractivity contribution in [3.05, 3.63) is 0 Å². The molecule has 1 aliphatic heterocycles. The van der Waals surface area contributed by atoms with Gasteiger partial charge in [0.25, 0.3) is 0 Å². The first-order valence-electron chi connectivity index (χ1n) is 11.7. The highest BCUT2D eigenvalue weighted by Crippen LogP contribution is 2.55. The molecule has 0 aromatic rings. The van der Waals surface area contributed by atoms with Crippen molar-refractivity contribution in [1.29, 1.82) is 0 Å². The second kappa shape index (κ2) is 9.02. The number of piperidine rings is 1. The van der Waals surface area contributed by atoms with Crippen LogP contribution in [0, 0.1) is 17.8 Å². The van der Waals surface area contributed by atoms with Gasteiger partial charge in [0.2, 0.25) is 5.91 Å². The standard InChI is InChI=1S/C22H36N4O4/c1-2-30-21(29)26-7-4-18(5-8-26)24-19(27)3-6-23-20(28)25-22-12-15-9-16(13-22)11-17(10-15)14-22/h15-18H,2-14H2,1H3,(H,24,27)(H2,23,25,28). The highest BCUT2D eigenvalue weighted by Gasteiger charge is 2.51. The molecule has 5 aliphatic rings. The minimum Gasteiger partial charge on any atom is -0.450 e. The summed E-state index contributed by atoms with van der Waals surface area (Å²) in [5.41, 5.74) is -0.00596. The van der Waals surface area contributed by atoms with Gasteiger partial charge in [0.1, 0.15) is 0 Å². The van der Waals surface area contributed by atoms with Gasteiger partial charge in [-0.2, -0.15) is 0 Å². The van der Waals surface area contributed by atoms with E-state index < -0.39 is 0 Å². The van der Waals surface area contributed by atoms with Crippen LogP contribution in [0.5, 0.6) is 0 Å². The van der Waals surface area contributed by atoms with E-state index in [-0.39, 0.29) is 36.0 Å². The Bertz CT molecular complexity index is 624. The molecule has 1 heterocycles. The molecule has 0 unspecified atom stereocenters. The lowest BCUT2D eigenvalue weighted by Crippen LogP contribution is -2.61. The first-order chi connectivity index (χ1) is 14.4. The van der Waals surface area contributed by atoms with E-state index in [4.69, 9.17) is 4.74 Å². The van der Waals surface area contributed by atoms with Gasteiger partial charge in [-0.05, 0) is 76.0 Å². The lowest BCUT2D eigenvalue weighted by atomic mass is 9.53. The first-order valence-corrected chi connectivity index (χ1v) is 11.7. The fourth-order valence-electron chi connectivity index (χ4n) is 6.56. The zero-order chi connectivity index (χ0) is 21.1. The molecule has 1 saturated heterocycles. The quantitative estimate of drug-likeness (QED) is 0.614. The molecule has 0 aromatic heterocycles. The molecule has 3 N–H and O–H groups in total. The van der Waals surface area contributed by atoms with Crippen LogP contribution < -0.4 is 16.0 Å². The van der Waals surface area contributed by atoms with Crippen molar-refractivity contribution >= 4 is 18.0 Å². The summed E-state index contributed by atoms with van der Waals surface area (Å²) in [6.45, 7) is 3.69. The number of nitrogens with zero attached hydrogens (tertiary/aromatic N) is 1. The van der Waals surface area contributed by atoms with Crippen LogP contribution in [0.1, 0.15) is 64.7 Å². The molecule has 5 rings (SSSR count). The number of amides is 4. The summed E-state index contributed by atoms with van der Waals surface area (Å²) in [5, 5.41) is 9.18. The Balaban J connectivity index is 1.12. The summed E-state index contributed by atoms with van der Waals surface area (Å²) in [7, 11) is 0. The Morgan fingerprint density at radius 2 is 1.60 bits per heavy atom. The third-order valence-corrected chi connectivity index (χ3v) is 7.44. The van der Waals surface area contributed by atoms with Crippen LogP contribution in [0.4, 0.5) is 9.59 Å². The van der Waals surface area contributed by atoms with E-state index in [2.05, 4.69) is 16.0 Å². The van der Waals surface area contributed by atoms with Crippen molar-refractivity contribution in [2.45, 2.75) is 76.3 Å². The van der Waals surface area contributed by atoms with Crippen LogP contribution in [0.3, 0.4) is 0 Å². The number of hydrogen-bond donors (Lipinski definition) is 3. The van der Waals surface area contributed by atoms with Gasteiger partial charge >= 0.3 is 12.1 Å². The zero-order valence-electron chi connectivity index (χ0n) is 18.1. The molecule has 4 saturated carbocycles. The molecule has 30 heavy (non-hydrogen) atoms. The van der Waals surface area contributed by atoms with E-state index in [0.29, 0.717) is 26.2 Å². The van der Waals surface area contributed by atoms with Crippen LogP contribution in [-0.2, 0) is 9.53 Å². The maximum atomic E-state index is 12.4. The predicted octanol–water partition coefficient (Wildman–Crippen LogP) is 2.38. The number of hydrogen-bond acceptors (Lipinski definition) is 4. The topological polar surface area (TPSA) is 99.8 Å². The van der Waals surface area contributed by atoms with Gasteiger partial charge < -0.3 is 25.6 Å². The molecule has 0 aromatic carbocycles. The van der Waals surface area contributed by atoms with E-state index in [1.807, 2.05) is 0 Å². The molecule has 168 valence electrons. The lowest BCUT2D eigenvalue weighted by Gasteiger charge is -2.56. The maximum Gasteiger partial charge on any atom is 0.409 e. The summed E-state index contributed by atoms with van der Waals surface area (Å²) in [6.07, 6.45) is 8.86. The first kappa shape index (κ1) is 21.2. The normalized spacial score (nSPS) is 32.6. The average molecular weight is 421 g/mol. The fourth-order valence-corrected chi connectivity index (χ4v) is 6.56. The van der Waals surface area contributed by atoms with Crippen molar-refractivity contribution in [3.63, 3.8) is 0 Å². The van der Waals surface area contributed by atoms with Crippen molar-refractivity contribution in [3.8, 4) is 0 Å². The van der Waals surface area contributed by atoms with Crippen molar-refractivity contribution in [2.24, 2.45) is 17.8 Å². The largest absolute Gasteiger partial charge is 0.450 e. The molecule has 0 radical (unpaired) electrons. The number of ether oxygens (including phenoxy) is 1. The molecule has 0 atom stereocenters. The molecular weight excluding hydrogens is 384 g/mol. The van der Waals surface area contributed by atoms with Crippen LogP contribution >= 0.6 is 0 Å². The van der Waals surface area contributed by atoms with Crippen molar-refractivity contribution < 1.29 is 19.1 Å². The lowest BCUT2D eigenvalue weighted by molar-refractivity contribution is -0.121. The molecule has 8 nitrogen and oxygen atoms in total. The second-order valence-electron chi connectivity index (χ2n) is 9.86. The van der Waals surface area contributed by atoms with Crippen molar-refractivity contribution in [2.75, 3.05) is 26.2 Å². The SMILES string of the molecule is CCOC(=O)N1CCC(NC(=O)CCNC(=O)NC23CC4CC(CC(C4)C2)C3)CC1. The van der Waals surface area contributed by atoms with Crippen LogP contribution in [0.2, 0.25) is 0 Å². The van der Waals surface area contributed by atoms with Gasteiger partial charge in [0.05, 0.1) is 6.61 Å². The predicted molar refractivity (Wildman–Crippen MR) is 112 cm³/mol. The summed E-state index contributed by atoms with van der Waals surface area (Å²) in [6, 6.07) is -0.0588. The van der Waals surface area contributed by atoms with Gasteiger partial charge in [-0.25, -0.2) is 9.59 Å². The number of urea groups is 1. The molecule has 8 heteroatoms. The van der Waals surface area contributed by atoms with Crippen LogP contribution in [-0.4, -0.2) is 60.8 Å². The Morgan fingerprint density at radius 3 is 2.17 bits per heavy atom. The summed E-state index contributed by atoms with van der Waals surface area (Å²) in [5.74, 6) is 2.31. The fraction of sp³-hybridized carbons (Fsp3) is 0.864. The highest BCUT2D eigenvalue weighted by atomic mass is 16.6. The van der Waals surface area contributed by atoms with Crippen LogP contribution in [0.25, 0.3) is 0 Å². The maximum absolute atomic E-state index is 12.4. The number of likely N-dealkylation sites (tertiary alicyclic amines) is 1. The van der Waals surface area contributed by atoms with Crippen molar-refractivity contribution in [1.82, 2.24) is 20.9 Å². The van der Waals surface area contributed by atoms with E-state index in [1.165, 1.54) is 19.3 Å². The Hall–Kier alpha value is -1.99. The van der Waals surface area contributed by atoms with Gasteiger partial charge in [-0.3, -0.25) is 4.79 Å². The monoisotopic (exact) mass is 420 g/mol. The molecule has 5 fully saturated rings. The van der Waals surface area contributed by atoms with Gasteiger partial charge in [0, 0.05) is 37.6 Å². The molecule has 0 spiro atoms. The van der Waals surface area contributed by atoms with E-state index in [0.717, 1.165) is 49.9 Å². The van der Waals surface area contributed by atoms with E-state index in [9.17, 15) is 14.4 Å². The van der Waals surface area contributed by atoms with Gasteiger partial charge in [-0.1, -0.05) is 0 Å². The minimum atomic E-state index is -0.281. The number of carbonyl (C=O) groups is 3. The number of nitrogens with one attached hydrogen (secondary N) is 3. The Morgan fingerprint density at radius 1 is 1.00 bits per heavy atom. The highest BCUT2D eigenvalue weighted by molar-refractivity contribution is 5.78. The number of carbonyl (C=O) groups excluding carboxylic acids is 3. The third kappa shape index (κ3) is 5.01. The van der Waals surface area contributed by atoms with E-state index >= 15 is 0 Å². The van der Waals surface area contributed by atoms with E-state index in [1.54, 1.807) is 11.8 Å². The third-order valence-electron chi connectivity index (χ3n) is 7.44. The number of rotatable bonds is 6. The van der Waals surface area contributed by atoms with Gasteiger partial charge in [-0.15, -0.1) is 0 Å². The second-order valence-corrected chi connectivity index (χ2v) is 9.86. The average Bonchev–Trinajstić information content (AvgIpc) is 2.67. The minimum absolute atomic E-state index is 0.00596. The molecular formula is C22H36N4O4. The van der Waals surface area contributed by atoms with Gasteiger partial charge in [0.15, 0.2) is 0 Å². The van der Waals surface area contributed by atoms with Crippen LogP contribution in [0.15, 0.2) is 0 Å². The summed E-state index contributed by atoms with van der Waals surface area (Å²) in [4.78, 5) is 38.1. The smallest absolute Gasteiger partial charge is 0.409 e. The zero-order valence-corrected chi connectivity index (χ0v) is 18.1. The molecule has 4 amide bonds. The Labute approximate surface area is 178 Å². The Kier molecular flexibility index (Phi) is 6.39.